The number of piperidine rings is 1. The third kappa shape index (κ3) is 5.10. The Balaban J connectivity index is 1.27. The van der Waals surface area contributed by atoms with Gasteiger partial charge < -0.3 is 10.2 Å². The van der Waals surface area contributed by atoms with Crippen LogP contribution >= 0.6 is 0 Å². The van der Waals surface area contributed by atoms with E-state index in [9.17, 15) is 9.59 Å². The smallest absolute Gasteiger partial charge is 0.272 e. The number of aryl methyl sites for hydroxylation is 2. The number of nitrogens with zero attached hydrogens (tertiary/aromatic N) is 5. The number of rotatable bonds is 6. The fourth-order valence-corrected chi connectivity index (χ4v) is 4.39. The Morgan fingerprint density at radius 1 is 1.09 bits per heavy atom. The van der Waals surface area contributed by atoms with Gasteiger partial charge in [0.1, 0.15) is 5.69 Å². The number of amides is 2. The zero-order chi connectivity index (χ0) is 23.4. The van der Waals surface area contributed by atoms with Gasteiger partial charge in [-0.2, -0.15) is 5.10 Å². The number of pyridine rings is 2. The minimum atomic E-state index is -0.121. The van der Waals surface area contributed by atoms with Gasteiger partial charge in [0.25, 0.3) is 11.8 Å². The lowest BCUT2D eigenvalue weighted by Crippen LogP contribution is -2.38. The molecule has 172 valence electrons. The van der Waals surface area contributed by atoms with Gasteiger partial charge in [-0.1, -0.05) is 6.07 Å². The van der Waals surface area contributed by atoms with Crippen molar-refractivity contribution in [1.29, 1.82) is 0 Å². The maximum absolute atomic E-state index is 12.6. The molecule has 3 aromatic rings. The first-order chi connectivity index (χ1) is 15.9. The van der Waals surface area contributed by atoms with Crippen molar-refractivity contribution < 1.29 is 9.59 Å². The van der Waals surface area contributed by atoms with E-state index in [1.54, 1.807) is 24.5 Å². The van der Waals surface area contributed by atoms with Crippen molar-refractivity contribution in [3.63, 3.8) is 0 Å². The number of nitrogens with one attached hydrogen (secondary N) is 1. The van der Waals surface area contributed by atoms with Gasteiger partial charge in [-0.15, -0.1) is 0 Å². The number of likely N-dealkylation sites (tertiary alicyclic amines) is 1. The predicted octanol–water partition coefficient (Wildman–Crippen LogP) is 2.82. The van der Waals surface area contributed by atoms with E-state index in [1.807, 2.05) is 48.7 Å². The van der Waals surface area contributed by atoms with Crippen molar-refractivity contribution in [3.05, 3.63) is 76.6 Å². The summed E-state index contributed by atoms with van der Waals surface area (Å²) in [5.41, 5.74) is 5.32. The van der Waals surface area contributed by atoms with Gasteiger partial charge in [0.05, 0.1) is 11.3 Å². The largest absolute Gasteiger partial charge is 0.352 e. The number of hydrogen-bond donors (Lipinski definition) is 1. The second-order valence-corrected chi connectivity index (χ2v) is 8.53. The molecular weight excluding hydrogens is 416 g/mol. The van der Waals surface area contributed by atoms with Gasteiger partial charge in [0, 0.05) is 56.4 Å². The minimum absolute atomic E-state index is 0.0225. The monoisotopic (exact) mass is 446 g/mol. The van der Waals surface area contributed by atoms with E-state index < -0.39 is 0 Å². The summed E-state index contributed by atoms with van der Waals surface area (Å²) in [6.45, 7) is 5.94. The molecule has 4 rings (SSSR count). The van der Waals surface area contributed by atoms with Crippen molar-refractivity contribution in [2.75, 3.05) is 19.6 Å². The second kappa shape index (κ2) is 9.94. The van der Waals surface area contributed by atoms with Gasteiger partial charge in [0.15, 0.2) is 0 Å². The predicted molar refractivity (Wildman–Crippen MR) is 125 cm³/mol. The zero-order valence-corrected chi connectivity index (χ0v) is 19.4. The topological polar surface area (TPSA) is 93.0 Å². The molecule has 1 aliphatic heterocycles. The SMILES string of the molecule is Cc1nn(C)c(C)c1CCNC(=O)c1ccc(C2CCN(C(=O)c3ccccn3)CC2)nc1. The summed E-state index contributed by atoms with van der Waals surface area (Å²) >= 11 is 0. The van der Waals surface area contributed by atoms with E-state index in [1.165, 1.54) is 5.56 Å². The lowest BCUT2D eigenvalue weighted by molar-refractivity contribution is 0.0705. The van der Waals surface area contributed by atoms with Gasteiger partial charge in [-0.05, 0) is 62.9 Å². The normalized spacial score (nSPS) is 14.3. The molecule has 3 aromatic heterocycles. The Hall–Kier alpha value is -3.55. The van der Waals surface area contributed by atoms with Gasteiger partial charge in [-0.25, -0.2) is 0 Å². The molecule has 1 fully saturated rings. The summed E-state index contributed by atoms with van der Waals surface area (Å²) in [7, 11) is 1.93. The highest BCUT2D eigenvalue weighted by atomic mass is 16.2. The standard InChI is InChI=1S/C25H30N6O2/c1-17-21(18(2)30(3)29-17)9-13-27-24(32)20-7-8-22(28-16-20)19-10-14-31(15-11-19)25(33)23-6-4-5-12-26-23/h4-8,12,16,19H,9-11,13-15H2,1-3H3,(H,27,32). The van der Waals surface area contributed by atoms with Crippen LogP contribution in [-0.4, -0.2) is 56.1 Å². The third-order valence-corrected chi connectivity index (χ3v) is 6.45. The van der Waals surface area contributed by atoms with Crippen LogP contribution in [-0.2, 0) is 13.5 Å². The Labute approximate surface area is 194 Å². The summed E-state index contributed by atoms with van der Waals surface area (Å²) in [4.78, 5) is 35.7. The van der Waals surface area contributed by atoms with E-state index >= 15 is 0 Å². The van der Waals surface area contributed by atoms with Crippen molar-refractivity contribution in [3.8, 4) is 0 Å². The number of carbonyl (C=O) groups excluding carboxylic acids is 2. The molecule has 8 heteroatoms. The molecule has 0 aromatic carbocycles. The molecular formula is C25H30N6O2. The van der Waals surface area contributed by atoms with E-state index in [2.05, 4.69) is 20.4 Å². The molecule has 0 unspecified atom stereocenters. The van der Waals surface area contributed by atoms with Crippen LogP contribution in [0.3, 0.4) is 0 Å². The molecule has 0 aliphatic carbocycles. The summed E-state index contributed by atoms with van der Waals surface area (Å²) < 4.78 is 1.87. The molecule has 8 nitrogen and oxygen atoms in total. The fourth-order valence-electron chi connectivity index (χ4n) is 4.39. The summed E-state index contributed by atoms with van der Waals surface area (Å²) in [6, 6.07) is 9.16. The van der Waals surface area contributed by atoms with Crippen molar-refractivity contribution >= 4 is 11.8 Å². The second-order valence-electron chi connectivity index (χ2n) is 8.53. The first kappa shape index (κ1) is 22.6. The van der Waals surface area contributed by atoms with Crippen LogP contribution < -0.4 is 5.32 Å². The first-order valence-corrected chi connectivity index (χ1v) is 11.4. The first-order valence-electron chi connectivity index (χ1n) is 11.4. The van der Waals surface area contributed by atoms with E-state index in [0.717, 1.165) is 36.3 Å². The molecule has 4 heterocycles. The van der Waals surface area contributed by atoms with Crippen LogP contribution in [0.5, 0.6) is 0 Å². The van der Waals surface area contributed by atoms with Crippen molar-refractivity contribution in [2.24, 2.45) is 7.05 Å². The quantitative estimate of drug-likeness (QED) is 0.629. The van der Waals surface area contributed by atoms with Gasteiger partial charge in [0.2, 0.25) is 0 Å². The highest BCUT2D eigenvalue weighted by Crippen LogP contribution is 2.27. The number of aromatic nitrogens is 4. The zero-order valence-electron chi connectivity index (χ0n) is 19.4. The van der Waals surface area contributed by atoms with Crippen molar-refractivity contribution in [2.45, 2.75) is 39.0 Å². The van der Waals surface area contributed by atoms with E-state index in [4.69, 9.17) is 0 Å². The molecule has 0 bridgehead atoms. The average Bonchev–Trinajstić information content (AvgIpc) is 3.10. The Morgan fingerprint density at radius 2 is 1.88 bits per heavy atom. The van der Waals surface area contributed by atoms with Crippen LogP contribution in [0, 0.1) is 13.8 Å². The molecule has 1 N–H and O–H groups in total. The lowest BCUT2D eigenvalue weighted by atomic mass is 9.92. The molecule has 2 amide bonds. The molecule has 33 heavy (non-hydrogen) atoms. The highest BCUT2D eigenvalue weighted by Gasteiger charge is 2.26. The maximum Gasteiger partial charge on any atom is 0.272 e. The van der Waals surface area contributed by atoms with E-state index in [0.29, 0.717) is 30.9 Å². The summed E-state index contributed by atoms with van der Waals surface area (Å²) in [5, 5.41) is 7.40. The Bertz CT molecular complexity index is 1120. The molecule has 0 atom stereocenters. The van der Waals surface area contributed by atoms with Crippen LogP contribution in [0.15, 0.2) is 42.7 Å². The van der Waals surface area contributed by atoms with Crippen LogP contribution in [0.4, 0.5) is 0 Å². The summed E-state index contributed by atoms with van der Waals surface area (Å²) in [6.07, 6.45) is 5.74. The molecule has 1 aliphatic rings. The molecule has 0 radical (unpaired) electrons. The Kier molecular flexibility index (Phi) is 6.82. The maximum atomic E-state index is 12.6. The minimum Gasteiger partial charge on any atom is -0.352 e. The number of hydrogen-bond acceptors (Lipinski definition) is 5. The fraction of sp³-hybridized carbons (Fsp3) is 0.400. The molecule has 0 saturated carbocycles. The van der Waals surface area contributed by atoms with Crippen molar-refractivity contribution in [1.82, 2.24) is 30.0 Å². The third-order valence-electron chi connectivity index (χ3n) is 6.45. The van der Waals surface area contributed by atoms with Crippen LogP contribution in [0.25, 0.3) is 0 Å². The van der Waals surface area contributed by atoms with Gasteiger partial charge in [-0.3, -0.25) is 24.2 Å². The van der Waals surface area contributed by atoms with Crippen LogP contribution in [0.1, 0.15) is 62.3 Å². The molecule has 1 saturated heterocycles. The summed E-state index contributed by atoms with van der Waals surface area (Å²) in [5.74, 6) is 0.140. The Morgan fingerprint density at radius 3 is 2.48 bits per heavy atom. The lowest BCUT2D eigenvalue weighted by Gasteiger charge is -2.31. The molecule has 0 spiro atoms. The highest BCUT2D eigenvalue weighted by molar-refractivity contribution is 5.94. The number of carbonyl (C=O) groups is 2. The average molecular weight is 447 g/mol. The van der Waals surface area contributed by atoms with Crippen LogP contribution in [0.2, 0.25) is 0 Å². The van der Waals surface area contributed by atoms with E-state index in [-0.39, 0.29) is 17.7 Å². The van der Waals surface area contributed by atoms with Gasteiger partial charge >= 0.3 is 0 Å².